The molecule has 11 heteroatoms. The Morgan fingerprint density at radius 2 is 1.82 bits per heavy atom. The Hall–Kier alpha value is -5.57. The van der Waals surface area contributed by atoms with Gasteiger partial charge in [-0.3, -0.25) is 18.8 Å². The van der Waals surface area contributed by atoms with Gasteiger partial charge >= 0.3 is 0 Å². The number of benzene rings is 2. The molecular weight excluding hydrogens is 626 g/mol. The quantitative estimate of drug-likeness (QED) is 0.234. The largest absolute Gasteiger partial charge is 0.344 e. The number of pyridine rings is 1. The van der Waals surface area contributed by atoms with Crippen LogP contribution < -0.4 is 16.2 Å². The Balaban J connectivity index is 1.23. The van der Waals surface area contributed by atoms with E-state index in [0.717, 1.165) is 55.5 Å². The van der Waals surface area contributed by atoms with Gasteiger partial charge in [0.2, 0.25) is 0 Å². The number of aromatic nitrogens is 6. The smallest absolute Gasteiger partial charge is 0.264 e. The molecule has 7 rings (SSSR count). The van der Waals surface area contributed by atoms with Crippen molar-refractivity contribution in [2.45, 2.75) is 45.2 Å². The molecule has 0 bridgehead atoms. The third-order valence-corrected chi connectivity index (χ3v) is 9.73. The molecule has 1 saturated heterocycles. The van der Waals surface area contributed by atoms with Crippen LogP contribution in [0.2, 0.25) is 0 Å². The van der Waals surface area contributed by atoms with Gasteiger partial charge in [0.15, 0.2) is 5.65 Å². The zero-order chi connectivity index (χ0) is 34.8. The normalized spacial score (nSPS) is 14.5. The number of piperidine rings is 1. The van der Waals surface area contributed by atoms with Crippen LogP contribution in [0.25, 0.3) is 22.1 Å². The second-order valence-corrected chi connectivity index (χ2v) is 12.9. The zero-order valence-electron chi connectivity index (χ0n) is 28.8. The highest BCUT2D eigenvalue weighted by Crippen LogP contribution is 2.24. The van der Waals surface area contributed by atoms with E-state index in [1.165, 1.54) is 0 Å². The molecule has 2 aromatic carbocycles. The molecule has 6 aromatic rings. The summed E-state index contributed by atoms with van der Waals surface area (Å²) < 4.78 is 5.17. The molecule has 0 radical (unpaired) electrons. The van der Waals surface area contributed by atoms with Crippen molar-refractivity contribution in [2.75, 3.05) is 26.7 Å². The summed E-state index contributed by atoms with van der Waals surface area (Å²) in [5, 5.41) is 16.7. The third-order valence-electron chi connectivity index (χ3n) is 9.73. The predicted octanol–water partition coefficient (Wildman–Crippen LogP) is 4.19. The predicted molar refractivity (Wildman–Crippen MR) is 195 cm³/mol. The van der Waals surface area contributed by atoms with Gasteiger partial charge in [-0.2, -0.15) is 10.2 Å². The van der Waals surface area contributed by atoms with Crippen molar-refractivity contribution in [2.24, 2.45) is 7.05 Å². The van der Waals surface area contributed by atoms with Crippen LogP contribution in [0.4, 0.5) is 0 Å². The van der Waals surface area contributed by atoms with Gasteiger partial charge < -0.3 is 15.5 Å². The fraction of sp³-hybridized carbons (Fsp3) is 0.308. The Kier molecular flexibility index (Phi) is 9.30. The van der Waals surface area contributed by atoms with E-state index in [0.29, 0.717) is 45.3 Å². The average Bonchev–Trinajstić information content (AvgIpc) is 3.67. The molecule has 4 aromatic heterocycles. The van der Waals surface area contributed by atoms with Crippen LogP contribution in [0, 0.1) is 18.8 Å². The van der Waals surface area contributed by atoms with Gasteiger partial charge in [-0.25, -0.2) is 9.50 Å². The summed E-state index contributed by atoms with van der Waals surface area (Å²) in [6.45, 7) is 6.77. The number of aryl methyl sites for hydroxylation is 2. The second-order valence-electron chi connectivity index (χ2n) is 12.9. The van der Waals surface area contributed by atoms with Crippen molar-refractivity contribution < 1.29 is 4.79 Å². The van der Waals surface area contributed by atoms with Crippen molar-refractivity contribution in [3.05, 3.63) is 123 Å². The van der Waals surface area contributed by atoms with Crippen molar-refractivity contribution in [3.8, 4) is 17.5 Å². The third kappa shape index (κ3) is 6.43. The molecule has 1 amide bonds. The summed E-state index contributed by atoms with van der Waals surface area (Å²) >= 11 is 0. The lowest BCUT2D eigenvalue weighted by atomic mass is 10.0. The molecule has 11 nitrogen and oxygen atoms in total. The number of carbonyl (C=O) groups is 1. The van der Waals surface area contributed by atoms with E-state index >= 15 is 0 Å². The summed E-state index contributed by atoms with van der Waals surface area (Å²) in [6, 6.07) is 19.0. The molecule has 254 valence electrons. The summed E-state index contributed by atoms with van der Waals surface area (Å²) in [7, 11) is 4.00. The fourth-order valence-electron chi connectivity index (χ4n) is 6.96. The lowest BCUT2D eigenvalue weighted by Crippen LogP contribution is -2.42. The summed E-state index contributed by atoms with van der Waals surface area (Å²) in [4.78, 5) is 35.1. The van der Waals surface area contributed by atoms with Crippen LogP contribution >= 0.6 is 0 Å². The number of para-hydroxylation sites is 1. The van der Waals surface area contributed by atoms with Crippen LogP contribution in [0.1, 0.15) is 64.4 Å². The molecule has 50 heavy (non-hydrogen) atoms. The molecule has 2 N–H and O–H groups in total. The van der Waals surface area contributed by atoms with Crippen molar-refractivity contribution >= 4 is 22.3 Å². The van der Waals surface area contributed by atoms with E-state index in [1.54, 1.807) is 34.5 Å². The number of nitrogens with one attached hydrogen (secondary N) is 2. The first kappa shape index (κ1) is 33.0. The molecule has 0 saturated carbocycles. The number of rotatable bonds is 8. The SMILES string of the molecule is CNC1CCN(CCc2c(C#Cc3cccc4cc([C@@H](C)NC(=O)c5c(C)nn6cccnc56)n(-c5ccccc5)c(=O)c34)cnn2C)CC1. The average molecular weight is 668 g/mol. The first-order valence-corrected chi connectivity index (χ1v) is 17.1. The van der Waals surface area contributed by atoms with Gasteiger partial charge in [-0.15, -0.1) is 0 Å². The van der Waals surface area contributed by atoms with Crippen LogP contribution in [-0.4, -0.2) is 72.5 Å². The summed E-state index contributed by atoms with van der Waals surface area (Å²) in [6.07, 6.45) is 8.37. The number of hydrogen-bond donors (Lipinski definition) is 2. The summed E-state index contributed by atoms with van der Waals surface area (Å²) in [5.74, 6) is 6.36. The second kappa shape index (κ2) is 14.1. The highest BCUT2D eigenvalue weighted by molar-refractivity contribution is 6.01. The van der Waals surface area contributed by atoms with Crippen molar-refractivity contribution in [3.63, 3.8) is 0 Å². The molecular formula is C39H41N9O2. The van der Waals surface area contributed by atoms with Gasteiger partial charge in [0.1, 0.15) is 5.56 Å². The first-order valence-electron chi connectivity index (χ1n) is 17.1. The van der Waals surface area contributed by atoms with E-state index in [-0.39, 0.29) is 11.5 Å². The molecule has 1 aliphatic heterocycles. The molecule has 0 unspecified atom stereocenters. The minimum atomic E-state index is -0.533. The maximum atomic E-state index is 14.6. The van der Waals surface area contributed by atoms with Gasteiger partial charge in [0.25, 0.3) is 11.5 Å². The minimum absolute atomic E-state index is 0.208. The van der Waals surface area contributed by atoms with Crippen molar-refractivity contribution in [1.82, 2.24) is 44.5 Å². The lowest BCUT2D eigenvalue weighted by molar-refractivity contribution is 0.0939. The number of hydrogen-bond acceptors (Lipinski definition) is 7. The number of carbonyl (C=O) groups excluding carboxylic acids is 1. The highest BCUT2D eigenvalue weighted by atomic mass is 16.2. The van der Waals surface area contributed by atoms with E-state index in [1.807, 2.05) is 86.5 Å². The Morgan fingerprint density at radius 3 is 2.60 bits per heavy atom. The Labute approximate surface area is 290 Å². The maximum Gasteiger partial charge on any atom is 0.264 e. The number of amides is 1. The van der Waals surface area contributed by atoms with E-state index in [2.05, 4.69) is 42.6 Å². The highest BCUT2D eigenvalue weighted by Gasteiger charge is 2.24. The molecule has 0 spiro atoms. The van der Waals surface area contributed by atoms with Gasteiger partial charge in [0.05, 0.1) is 34.6 Å². The van der Waals surface area contributed by atoms with E-state index < -0.39 is 6.04 Å². The van der Waals surface area contributed by atoms with Crippen LogP contribution in [0.15, 0.2) is 84.0 Å². The minimum Gasteiger partial charge on any atom is -0.344 e. The topological polar surface area (TPSA) is 114 Å². The fourth-order valence-corrected chi connectivity index (χ4v) is 6.96. The zero-order valence-corrected chi connectivity index (χ0v) is 28.8. The number of likely N-dealkylation sites (tertiary alicyclic amines) is 1. The molecule has 0 aliphatic carbocycles. The van der Waals surface area contributed by atoms with Gasteiger partial charge in [0, 0.05) is 55.4 Å². The van der Waals surface area contributed by atoms with Gasteiger partial charge in [-0.05, 0) is 82.5 Å². The monoisotopic (exact) mass is 667 g/mol. The van der Waals surface area contributed by atoms with Gasteiger partial charge in [-0.1, -0.05) is 42.2 Å². The first-order chi connectivity index (χ1) is 24.3. The number of fused-ring (bicyclic) bond motifs is 2. The van der Waals surface area contributed by atoms with Crippen molar-refractivity contribution in [1.29, 1.82) is 0 Å². The number of nitrogens with zero attached hydrogens (tertiary/aromatic N) is 7. The molecule has 1 aliphatic rings. The van der Waals surface area contributed by atoms with Crippen LogP contribution in [0.5, 0.6) is 0 Å². The van der Waals surface area contributed by atoms with Crippen LogP contribution in [0.3, 0.4) is 0 Å². The maximum absolute atomic E-state index is 14.6. The summed E-state index contributed by atoms with van der Waals surface area (Å²) in [5.41, 5.74) is 5.16. The lowest BCUT2D eigenvalue weighted by Gasteiger charge is -2.31. The Bertz CT molecular complexity index is 2300. The molecule has 1 atom stereocenters. The Morgan fingerprint density at radius 1 is 1.04 bits per heavy atom. The molecule has 5 heterocycles. The molecule has 1 fully saturated rings. The standard InChI is InChI=1S/C39H41N9O2/c1-26(43-38(49)35-27(2)44-47-20-9-19-41-37(35)47)34-24-29-11-8-10-28(36(29)39(50)48(34)32-12-6-5-7-13-32)14-15-30-25-42-45(4)33(30)18-23-46-21-16-31(40-3)17-22-46/h5-13,19-20,24-26,31,40H,16-18,21-23H2,1-4H3,(H,43,49)/t26-/m1/s1. The van der Waals surface area contributed by atoms with E-state index in [4.69, 9.17) is 0 Å². The van der Waals surface area contributed by atoms with Crippen LogP contribution in [-0.2, 0) is 13.5 Å². The van der Waals surface area contributed by atoms with E-state index in [9.17, 15) is 9.59 Å².